The summed E-state index contributed by atoms with van der Waals surface area (Å²) < 4.78 is 3.65. The third-order valence-corrected chi connectivity index (χ3v) is 4.26. The average Bonchev–Trinajstić information content (AvgIpc) is 3.39. The number of carbonyl (C=O) groups excluding carboxylic acids is 1. The van der Waals surface area contributed by atoms with Gasteiger partial charge >= 0.3 is 5.69 Å². The lowest BCUT2D eigenvalue weighted by molar-refractivity contribution is -0.117. The highest BCUT2D eigenvalue weighted by molar-refractivity contribution is 7.12. The van der Waals surface area contributed by atoms with Crippen LogP contribution in [0.5, 0.6) is 0 Å². The summed E-state index contributed by atoms with van der Waals surface area (Å²) in [4.78, 5) is 24.4. The monoisotopic (exact) mass is 369 g/mol. The van der Waals surface area contributed by atoms with E-state index >= 15 is 0 Å². The summed E-state index contributed by atoms with van der Waals surface area (Å²) in [5, 5.41) is 23.6. The van der Waals surface area contributed by atoms with Gasteiger partial charge in [0.25, 0.3) is 0 Å². The van der Waals surface area contributed by atoms with Crippen molar-refractivity contribution >= 4 is 22.9 Å². The molecule has 0 aliphatic rings. The van der Waals surface area contributed by atoms with Crippen LogP contribution in [0.15, 0.2) is 52.9 Å². The minimum atomic E-state index is -0.475. The minimum Gasteiger partial charge on any atom is -0.324 e. The van der Waals surface area contributed by atoms with E-state index < -0.39 is 5.69 Å². The van der Waals surface area contributed by atoms with Crippen LogP contribution in [0.3, 0.4) is 0 Å². The van der Waals surface area contributed by atoms with Crippen molar-refractivity contribution in [3.8, 4) is 10.7 Å². The molecule has 0 saturated heterocycles. The molecule has 3 heterocycles. The molecule has 3 aromatic heterocycles. The van der Waals surface area contributed by atoms with Gasteiger partial charge in [0.1, 0.15) is 17.9 Å². The summed E-state index contributed by atoms with van der Waals surface area (Å²) in [7, 11) is 0. The molecule has 1 aromatic carbocycles. The molecule has 0 aliphatic carbocycles. The molecule has 4 aromatic rings. The van der Waals surface area contributed by atoms with Crippen LogP contribution in [0.4, 0.5) is 5.69 Å². The smallest absolute Gasteiger partial charge is 0.324 e. The molecule has 1 N–H and O–H groups in total. The Labute approximate surface area is 149 Å². The molecule has 0 fully saturated rings. The maximum absolute atomic E-state index is 12.2. The Kier molecular flexibility index (Phi) is 4.07. The van der Waals surface area contributed by atoms with Crippen LogP contribution in [0.1, 0.15) is 0 Å². The quantitative estimate of drug-likeness (QED) is 0.529. The zero-order valence-electron chi connectivity index (χ0n) is 13.1. The van der Waals surface area contributed by atoms with Gasteiger partial charge in [-0.2, -0.15) is 9.36 Å². The molecule has 0 aliphatic heterocycles. The topological polar surface area (TPSA) is 125 Å². The van der Waals surface area contributed by atoms with Crippen LogP contribution in [0.25, 0.3) is 10.7 Å². The number of benzene rings is 1. The van der Waals surface area contributed by atoms with Crippen molar-refractivity contribution in [1.82, 2.24) is 40.0 Å². The van der Waals surface area contributed by atoms with Gasteiger partial charge in [-0.25, -0.2) is 9.48 Å². The predicted octanol–water partition coefficient (Wildman–Crippen LogP) is 0.105. The van der Waals surface area contributed by atoms with Gasteiger partial charge in [0.05, 0.1) is 5.69 Å². The van der Waals surface area contributed by atoms with E-state index in [4.69, 9.17) is 0 Å². The number of thiophene rings is 1. The fourth-order valence-electron chi connectivity index (χ4n) is 2.22. The van der Waals surface area contributed by atoms with Crippen LogP contribution >= 0.6 is 11.3 Å². The Morgan fingerprint density at radius 1 is 1.12 bits per heavy atom. The van der Waals surface area contributed by atoms with Crippen molar-refractivity contribution in [3.63, 3.8) is 0 Å². The van der Waals surface area contributed by atoms with Crippen LogP contribution < -0.4 is 11.0 Å². The molecule has 12 heteroatoms. The molecule has 0 atom stereocenters. The van der Waals surface area contributed by atoms with E-state index in [-0.39, 0.29) is 12.5 Å². The lowest BCUT2D eigenvalue weighted by atomic mass is 10.3. The number of nitrogens with one attached hydrogen (secondary N) is 1. The van der Waals surface area contributed by atoms with Crippen LogP contribution in [0.2, 0.25) is 0 Å². The van der Waals surface area contributed by atoms with Gasteiger partial charge in [0, 0.05) is 5.69 Å². The first-order chi connectivity index (χ1) is 12.7. The normalized spacial score (nSPS) is 10.8. The Morgan fingerprint density at radius 3 is 2.65 bits per heavy atom. The Balaban J connectivity index is 1.44. The van der Waals surface area contributed by atoms with Crippen molar-refractivity contribution in [1.29, 1.82) is 0 Å². The molecule has 0 spiro atoms. The molecule has 0 radical (unpaired) electrons. The molecule has 130 valence electrons. The van der Waals surface area contributed by atoms with Crippen molar-refractivity contribution in [2.45, 2.75) is 6.54 Å². The SMILES string of the molecule is O=C(Cn1nnn(-c2cccs2)c1=O)Nc1ccc(-n2cnnn2)cc1. The number of hydrogen-bond donors (Lipinski definition) is 1. The highest BCUT2D eigenvalue weighted by Gasteiger charge is 2.13. The van der Waals surface area contributed by atoms with Crippen molar-refractivity contribution in [2.24, 2.45) is 0 Å². The first kappa shape index (κ1) is 15.8. The fourth-order valence-corrected chi connectivity index (χ4v) is 2.88. The van der Waals surface area contributed by atoms with E-state index in [1.807, 2.05) is 5.38 Å². The molecule has 1 amide bonds. The maximum atomic E-state index is 12.2. The summed E-state index contributed by atoms with van der Waals surface area (Å²) >= 11 is 1.36. The van der Waals surface area contributed by atoms with Gasteiger partial charge in [0.2, 0.25) is 5.91 Å². The van der Waals surface area contributed by atoms with Gasteiger partial charge in [-0.05, 0) is 62.6 Å². The van der Waals surface area contributed by atoms with E-state index in [9.17, 15) is 9.59 Å². The number of amides is 1. The highest BCUT2D eigenvalue weighted by Crippen LogP contribution is 2.12. The predicted molar refractivity (Wildman–Crippen MR) is 91.3 cm³/mol. The largest absolute Gasteiger partial charge is 0.369 e. The number of aromatic nitrogens is 8. The molecule has 0 unspecified atom stereocenters. The molecular weight excluding hydrogens is 358 g/mol. The van der Waals surface area contributed by atoms with Gasteiger partial charge in [-0.1, -0.05) is 0 Å². The lowest BCUT2D eigenvalue weighted by Gasteiger charge is -2.05. The third kappa shape index (κ3) is 3.12. The van der Waals surface area contributed by atoms with Crippen LogP contribution in [-0.2, 0) is 11.3 Å². The number of carbonyl (C=O) groups is 1. The lowest BCUT2D eigenvalue weighted by Crippen LogP contribution is -2.29. The third-order valence-electron chi connectivity index (χ3n) is 3.41. The average molecular weight is 369 g/mol. The van der Waals surface area contributed by atoms with Gasteiger partial charge in [-0.3, -0.25) is 4.79 Å². The zero-order valence-corrected chi connectivity index (χ0v) is 13.9. The molecular formula is C14H11N9O2S. The van der Waals surface area contributed by atoms with Gasteiger partial charge in [0.15, 0.2) is 0 Å². The highest BCUT2D eigenvalue weighted by atomic mass is 32.1. The summed E-state index contributed by atoms with van der Waals surface area (Å²) in [5.41, 5.74) is 0.852. The van der Waals surface area contributed by atoms with Crippen molar-refractivity contribution in [3.05, 3.63) is 58.6 Å². The summed E-state index contributed by atoms with van der Waals surface area (Å²) in [6.45, 7) is -0.237. The van der Waals surface area contributed by atoms with Crippen molar-refractivity contribution < 1.29 is 4.79 Å². The summed E-state index contributed by atoms with van der Waals surface area (Å²) in [6.07, 6.45) is 1.47. The van der Waals surface area contributed by atoms with Crippen molar-refractivity contribution in [2.75, 3.05) is 5.32 Å². The fraction of sp³-hybridized carbons (Fsp3) is 0.0714. The first-order valence-corrected chi connectivity index (χ1v) is 8.29. The summed E-state index contributed by atoms with van der Waals surface area (Å²) in [6, 6.07) is 10.5. The minimum absolute atomic E-state index is 0.237. The van der Waals surface area contributed by atoms with E-state index in [0.29, 0.717) is 10.7 Å². The zero-order chi connectivity index (χ0) is 17.9. The number of rotatable bonds is 5. The van der Waals surface area contributed by atoms with Gasteiger partial charge in [-0.15, -0.1) is 16.4 Å². The second-order valence-corrected chi connectivity index (χ2v) is 6.06. The molecule has 11 nitrogen and oxygen atoms in total. The maximum Gasteiger partial charge on any atom is 0.369 e. The number of anilines is 1. The number of nitrogens with zero attached hydrogens (tertiary/aromatic N) is 8. The van der Waals surface area contributed by atoms with Gasteiger partial charge < -0.3 is 5.32 Å². The Bertz CT molecular complexity index is 1060. The van der Waals surface area contributed by atoms with E-state index in [1.54, 1.807) is 36.4 Å². The first-order valence-electron chi connectivity index (χ1n) is 7.41. The van der Waals surface area contributed by atoms with Crippen LogP contribution in [-0.4, -0.2) is 45.9 Å². The summed E-state index contributed by atoms with van der Waals surface area (Å²) in [5.74, 6) is -0.388. The molecule has 0 saturated carbocycles. The Morgan fingerprint density at radius 2 is 1.96 bits per heavy atom. The number of hydrogen-bond acceptors (Lipinski definition) is 8. The standard InChI is InChI=1S/C14H11N9O2S/c24-12(8-21-14(25)23(20-19-21)13-2-1-7-26-13)16-10-3-5-11(6-4-10)22-9-15-17-18-22/h1-7,9H,8H2,(H,16,24). The van der Waals surface area contributed by atoms with E-state index in [0.717, 1.165) is 15.1 Å². The van der Waals surface area contributed by atoms with Crippen LogP contribution in [0, 0.1) is 0 Å². The Hall–Kier alpha value is -3.67. The number of tetrazole rings is 2. The second-order valence-electron chi connectivity index (χ2n) is 5.13. The second kappa shape index (κ2) is 6.68. The molecule has 4 rings (SSSR count). The molecule has 0 bridgehead atoms. The van der Waals surface area contributed by atoms with E-state index in [1.165, 1.54) is 22.3 Å². The van der Waals surface area contributed by atoms with E-state index in [2.05, 4.69) is 31.3 Å². The molecule has 26 heavy (non-hydrogen) atoms.